The number of hydrogen-bond donors (Lipinski definition) is 2. The summed E-state index contributed by atoms with van der Waals surface area (Å²) in [6.07, 6.45) is 3.99. The van der Waals surface area contributed by atoms with Crippen LogP contribution in [0.4, 0.5) is 5.69 Å². The van der Waals surface area contributed by atoms with Gasteiger partial charge in [0.2, 0.25) is 10.0 Å². The number of benzene rings is 1. The molecule has 7 heteroatoms. The minimum atomic E-state index is -3.44. The fourth-order valence-electron chi connectivity index (χ4n) is 2.31. The molecule has 0 saturated carbocycles. The highest BCUT2D eigenvalue weighted by Crippen LogP contribution is 2.26. The Kier molecular flexibility index (Phi) is 3.45. The van der Waals surface area contributed by atoms with E-state index in [0.29, 0.717) is 36.6 Å². The molecule has 6 nitrogen and oxygen atoms in total. The van der Waals surface area contributed by atoms with Crippen LogP contribution < -0.4 is 5.32 Å². The Hall–Kier alpha value is -1.86. The van der Waals surface area contributed by atoms with Gasteiger partial charge in [-0.05, 0) is 12.1 Å². The molecule has 0 spiro atoms. The summed E-state index contributed by atoms with van der Waals surface area (Å²) in [5.74, 6) is 0.797. The number of hydrogen-bond acceptors (Lipinski definition) is 4. The molecule has 2 heterocycles. The first-order valence-corrected chi connectivity index (χ1v) is 7.93. The zero-order valence-corrected chi connectivity index (χ0v) is 11.7. The molecule has 0 radical (unpaired) electrons. The van der Waals surface area contributed by atoms with Gasteiger partial charge in [0.1, 0.15) is 10.7 Å². The van der Waals surface area contributed by atoms with Crippen molar-refractivity contribution in [2.24, 2.45) is 0 Å². The van der Waals surface area contributed by atoms with Gasteiger partial charge in [0.25, 0.3) is 0 Å². The Bertz CT molecular complexity index is 682. The van der Waals surface area contributed by atoms with E-state index in [1.807, 2.05) is 6.07 Å². The molecule has 0 bridgehead atoms. The quantitative estimate of drug-likeness (QED) is 0.887. The number of fused-ring (bicyclic) bond motifs is 1. The molecule has 0 aliphatic carbocycles. The van der Waals surface area contributed by atoms with Crippen LogP contribution in [0.5, 0.6) is 0 Å². The average molecular weight is 292 g/mol. The summed E-state index contributed by atoms with van der Waals surface area (Å²) in [4.78, 5) is 7.46. The minimum absolute atomic E-state index is 0.344. The van der Waals surface area contributed by atoms with Crippen molar-refractivity contribution >= 4 is 15.7 Å². The molecule has 0 unspecified atom stereocenters. The molecule has 106 valence electrons. The van der Waals surface area contributed by atoms with E-state index in [2.05, 4.69) is 15.3 Å². The largest absolute Gasteiger partial charge is 0.383 e. The first kappa shape index (κ1) is 13.1. The van der Waals surface area contributed by atoms with Gasteiger partial charge in [0.15, 0.2) is 0 Å². The normalized spacial score (nSPS) is 18.0. The van der Waals surface area contributed by atoms with E-state index in [-0.39, 0.29) is 0 Å². The Morgan fingerprint density at radius 3 is 2.95 bits per heavy atom. The van der Waals surface area contributed by atoms with Gasteiger partial charge < -0.3 is 10.3 Å². The molecule has 1 aliphatic rings. The SMILES string of the molecule is O=S1(=O)c2ccccc2NCCN1CCc1ncc[nH]1. The lowest BCUT2D eigenvalue weighted by Gasteiger charge is -2.19. The van der Waals surface area contributed by atoms with Crippen molar-refractivity contribution in [3.63, 3.8) is 0 Å². The average Bonchev–Trinajstić information content (AvgIpc) is 2.91. The van der Waals surface area contributed by atoms with E-state index in [9.17, 15) is 8.42 Å². The lowest BCUT2D eigenvalue weighted by molar-refractivity contribution is 0.426. The van der Waals surface area contributed by atoms with Crippen LogP contribution in [0, 0.1) is 0 Å². The summed E-state index contributed by atoms with van der Waals surface area (Å²) >= 11 is 0. The third-order valence-electron chi connectivity index (χ3n) is 3.33. The van der Waals surface area contributed by atoms with E-state index in [4.69, 9.17) is 0 Å². The molecular weight excluding hydrogens is 276 g/mol. The molecule has 2 N–H and O–H groups in total. The predicted molar refractivity (Wildman–Crippen MR) is 76.0 cm³/mol. The van der Waals surface area contributed by atoms with Crippen LogP contribution in [0.1, 0.15) is 5.82 Å². The maximum Gasteiger partial charge on any atom is 0.245 e. The highest BCUT2D eigenvalue weighted by Gasteiger charge is 2.28. The highest BCUT2D eigenvalue weighted by molar-refractivity contribution is 7.89. The summed E-state index contributed by atoms with van der Waals surface area (Å²) in [5.41, 5.74) is 0.674. The summed E-state index contributed by atoms with van der Waals surface area (Å²) in [7, 11) is -3.44. The third kappa shape index (κ3) is 2.41. The Morgan fingerprint density at radius 1 is 1.30 bits per heavy atom. The van der Waals surface area contributed by atoms with E-state index in [1.165, 1.54) is 4.31 Å². The molecule has 20 heavy (non-hydrogen) atoms. The summed E-state index contributed by atoms with van der Waals surface area (Å²) in [6, 6.07) is 7.01. The van der Waals surface area contributed by atoms with Gasteiger partial charge >= 0.3 is 0 Å². The summed E-state index contributed by atoms with van der Waals surface area (Å²) < 4.78 is 26.8. The Balaban J connectivity index is 1.85. The molecule has 3 rings (SSSR count). The summed E-state index contributed by atoms with van der Waals surface area (Å²) in [5, 5.41) is 3.16. The highest BCUT2D eigenvalue weighted by atomic mass is 32.2. The molecule has 0 fully saturated rings. The molecule has 1 aliphatic heterocycles. The van der Waals surface area contributed by atoms with E-state index in [0.717, 1.165) is 5.82 Å². The number of aromatic nitrogens is 2. The zero-order valence-electron chi connectivity index (χ0n) is 10.9. The number of aromatic amines is 1. The smallest absolute Gasteiger partial charge is 0.245 e. The van der Waals surface area contributed by atoms with E-state index >= 15 is 0 Å². The topological polar surface area (TPSA) is 78.1 Å². The van der Waals surface area contributed by atoms with Crippen molar-refractivity contribution in [2.75, 3.05) is 25.0 Å². The van der Waals surface area contributed by atoms with Crippen molar-refractivity contribution < 1.29 is 8.42 Å². The maximum atomic E-state index is 12.6. The molecule has 0 atom stereocenters. The fourth-order valence-corrected chi connectivity index (χ4v) is 3.92. The maximum absolute atomic E-state index is 12.6. The predicted octanol–water partition coefficient (Wildman–Crippen LogP) is 1.07. The molecular formula is C13H16N4O2S. The number of H-pyrrole nitrogens is 1. The molecule has 2 aromatic rings. The second-order valence-corrected chi connectivity index (χ2v) is 6.52. The zero-order chi connectivity index (χ0) is 14.0. The fraction of sp³-hybridized carbons (Fsp3) is 0.308. The number of nitrogens with one attached hydrogen (secondary N) is 2. The van der Waals surface area contributed by atoms with E-state index < -0.39 is 10.0 Å². The third-order valence-corrected chi connectivity index (χ3v) is 5.29. The van der Waals surface area contributed by atoms with Gasteiger partial charge in [-0.3, -0.25) is 0 Å². The lowest BCUT2D eigenvalue weighted by atomic mass is 10.3. The van der Waals surface area contributed by atoms with Crippen molar-refractivity contribution in [3.8, 4) is 0 Å². The molecule has 0 saturated heterocycles. The molecule has 1 aromatic heterocycles. The van der Waals surface area contributed by atoms with Crippen LogP contribution in [0.15, 0.2) is 41.6 Å². The number of sulfonamides is 1. The van der Waals surface area contributed by atoms with Crippen LogP contribution in [0.25, 0.3) is 0 Å². The van der Waals surface area contributed by atoms with Gasteiger partial charge in [-0.15, -0.1) is 0 Å². The second-order valence-electron chi connectivity index (χ2n) is 4.61. The van der Waals surface area contributed by atoms with Crippen molar-refractivity contribution in [1.82, 2.24) is 14.3 Å². The standard InChI is InChI=1S/C13H16N4O2S/c18-20(19)12-4-2-1-3-11(12)14-8-10-17(20)9-5-13-15-6-7-16-13/h1-4,6-7,14H,5,8-10H2,(H,15,16). The van der Waals surface area contributed by atoms with Crippen molar-refractivity contribution in [2.45, 2.75) is 11.3 Å². The molecule has 0 amide bonds. The monoisotopic (exact) mass is 292 g/mol. The van der Waals surface area contributed by atoms with Crippen LogP contribution in [-0.4, -0.2) is 42.3 Å². The molecule has 1 aromatic carbocycles. The van der Waals surface area contributed by atoms with Gasteiger partial charge in [-0.2, -0.15) is 4.31 Å². The van der Waals surface area contributed by atoms with Crippen molar-refractivity contribution in [3.05, 3.63) is 42.5 Å². The van der Waals surface area contributed by atoms with Gasteiger partial charge in [-0.1, -0.05) is 12.1 Å². The lowest BCUT2D eigenvalue weighted by Crippen LogP contribution is -2.34. The van der Waals surface area contributed by atoms with Crippen LogP contribution >= 0.6 is 0 Å². The summed E-state index contributed by atoms with van der Waals surface area (Å²) in [6.45, 7) is 1.48. The Morgan fingerprint density at radius 2 is 2.15 bits per heavy atom. The number of imidazole rings is 1. The number of nitrogens with zero attached hydrogens (tertiary/aromatic N) is 2. The number of anilines is 1. The van der Waals surface area contributed by atoms with Gasteiger partial charge in [0.05, 0.1) is 5.69 Å². The van der Waals surface area contributed by atoms with E-state index in [1.54, 1.807) is 30.6 Å². The first-order valence-electron chi connectivity index (χ1n) is 6.49. The number of para-hydroxylation sites is 1. The minimum Gasteiger partial charge on any atom is -0.383 e. The first-order chi connectivity index (χ1) is 9.68. The van der Waals surface area contributed by atoms with Crippen LogP contribution in [0.3, 0.4) is 0 Å². The van der Waals surface area contributed by atoms with Gasteiger partial charge in [-0.25, -0.2) is 13.4 Å². The Labute approximate surface area is 117 Å². The van der Waals surface area contributed by atoms with Crippen LogP contribution in [-0.2, 0) is 16.4 Å². The van der Waals surface area contributed by atoms with Gasteiger partial charge in [0, 0.05) is 38.4 Å². The van der Waals surface area contributed by atoms with Crippen LogP contribution in [0.2, 0.25) is 0 Å². The van der Waals surface area contributed by atoms with Crippen molar-refractivity contribution in [1.29, 1.82) is 0 Å². The second kappa shape index (κ2) is 5.26. The number of rotatable bonds is 3.